The first kappa shape index (κ1) is 14.8. The van der Waals surface area contributed by atoms with E-state index in [9.17, 15) is 5.11 Å². The molecule has 2 unspecified atom stereocenters. The quantitative estimate of drug-likeness (QED) is 0.652. The normalized spacial score (nSPS) is 14.2. The molecule has 0 spiro atoms. The highest BCUT2D eigenvalue weighted by atomic mass is 16.5. The number of rotatable bonds is 7. The van der Waals surface area contributed by atoms with Gasteiger partial charge in [0.15, 0.2) is 0 Å². The van der Waals surface area contributed by atoms with E-state index in [0.717, 1.165) is 24.9 Å². The fourth-order valence-corrected chi connectivity index (χ4v) is 1.84. The van der Waals surface area contributed by atoms with Gasteiger partial charge in [-0.1, -0.05) is 6.07 Å². The van der Waals surface area contributed by atoms with Gasteiger partial charge in [0.2, 0.25) is 0 Å². The Morgan fingerprint density at radius 1 is 1.33 bits per heavy atom. The van der Waals surface area contributed by atoms with Gasteiger partial charge in [-0.2, -0.15) is 0 Å². The van der Waals surface area contributed by atoms with E-state index >= 15 is 0 Å². The van der Waals surface area contributed by atoms with Gasteiger partial charge in [0.05, 0.1) is 13.2 Å². The highest BCUT2D eigenvalue weighted by molar-refractivity contribution is 5.41. The average Bonchev–Trinajstić information content (AvgIpc) is 2.33. The zero-order chi connectivity index (χ0) is 13.5. The Balaban J connectivity index is 2.48. The lowest BCUT2D eigenvalue weighted by atomic mass is 10.1. The molecule has 18 heavy (non-hydrogen) atoms. The first-order valence-corrected chi connectivity index (χ1v) is 6.33. The average molecular weight is 253 g/mol. The third-order valence-electron chi connectivity index (χ3n) is 2.95. The second kappa shape index (κ2) is 7.24. The minimum atomic E-state index is -0.253. The lowest BCUT2D eigenvalue weighted by Gasteiger charge is -2.16. The molecule has 0 heterocycles. The van der Waals surface area contributed by atoms with Crippen molar-refractivity contribution < 1.29 is 14.9 Å². The van der Waals surface area contributed by atoms with Gasteiger partial charge in [-0.3, -0.25) is 0 Å². The Morgan fingerprint density at radius 2 is 2.06 bits per heavy atom. The van der Waals surface area contributed by atoms with Crippen molar-refractivity contribution >= 4 is 0 Å². The molecule has 0 fully saturated rings. The Kier molecular flexibility index (Phi) is 5.95. The van der Waals surface area contributed by atoms with Crippen molar-refractivity contribution in [1.29, 1.82) is 0 Å². The third-order valence-corrected chi connectivity index (χ3v) is 2.95. The molecule has 3 N–H and O–H groups in total. The number of methoxy groups -OCH3 is 1. The zero-order valence-electron chi connectivity index (χ0n) is 11.3. The summed E-state index contributed by atoms with van der Waals surface area (Å²) in [4.78, 5) is 0. The highest BCUT2D eigenvalue weighted by Gasteiger charge is 2.10. The van der Waals surface area contributed by atoms with Gasteiger partial charge < -0.3 is 20.3 Å². The van der Waals surface area contributed by atoms with Crippen LogP contribution in [-0.4, -0.2) is 30.0 Å². The van der Waals surface area contributed by atoms with Gasteiger partial charge in [-0.15, -0.1) is 0 Å². The fourth-order valence-electron chi connectivity index (χ4n) is 1.84. The molecule has 1 aromatic rings. The number of aliphatic hydroxyl groups excluding tert-OH is 1. The Labute approximate surface area is 109 Å². The standard InChI is InChI=1S/C14H23NO3/c1-10(16)5-4-8-15-11(2)13-7-6-12(18-3)9-14(13)17/h6-7,9-11,15-17H,4-5,8H2,1-3H3. The monoisotopic (exact) mass is 253 g/mol. The molecule has 4 heteroatoms. The molecule has 0 radical (unpaired) electrons. The molecule has 1 aromatic carbocycles. The summed E-state index contributed by atoms with van der Waals surface area (Å²) in [6, 6.07) is 5.39. The molecule has 0 aliphatic rings. The highest BCUT2D eigenvalue weighted by Crippen LogP contribution is 2.28. The van der Waals surface area contributed by atoms with E-state index in [1.807, 2.05) is 19.1 Å². The van der Waals surface area contributed by atoms with Crippen LogP contribution in [0, 0.1) is 0 Å². The second-order valence-electron chi connectivity index (χ2n) is 4.59. The van der Waals surface area contributed by atoms with Crippen LogP contribution in [-0.2, 0) is 0 Å². The van der Waals surface area contributed by atoms with E-state index in [4.69, 9.17) is 9.84 Å². The van der Waals surface area contributed by atoms with Crippen LogP contribution < -0.4 is 10.1 Å². The summed E-state index contributed by atoms with van der Waals surface area (Å²) in [5.41, 5.74) is 0.854. The molecule has 2 atom stereocenters. The summed E-state index contributed by atoms with van der Waals surface area (Å²) in [7, 11) is 1.58. The van der Waals surface area contributed by atoms with E-state index in [1.54, 1.807) is 20.1 Å². The van der Waals surface area contributed by atoms with Gasteiger partial charge in [-0.05, 0) is 39.3 Å². The largest absolute Gasteiger partial charge is 0.507 e. The van der Waals surface area contributed by atoms with Crippen LogP contribution in [0.5, 0.6) is 11.5 Å². The SMILES string of the molecule is COc1ccc(C(C)NCCCC(C)O)c(O)c1. The van der Waals surface area contributed by atoms with E-state index in [1.165, 1.54) is 0 Å². The van der Waals surface area contributed by atoms with Crippen molar-refractivity contribution in [2.75, 3.05) is 13.7 Å². The van der Waals surface area contributed by atoms with Crippen molar-refractivity contribution in [2.24, 2.45) is 0 Å². The van der Waals surface area contributed by atoms with E-state index < -0.39 is 0 Å². The first-order valence-electron chi connectivity index (χ1n) is 6.33. The number of hydrogen-bond donors (Lipinski definition) is 3. The molecule has 4 nitrogen and oxygen atoms in total. The molecule has 0 amide bonds. The van der Waals surface area contributed by atoms with Crippen LogP contribution in [0.3, 0.4) is 0 Å². The number of phenolic OH excluding ortho intramolecular Hbond substituents is 1. The summed E-state index contributed by atoms with van der Waals surface area (Å²) >= 11 is 0. The number of ether oxygens (including phenoxy) is 1. The van der Waals surface area contributed by atoms with Crippen molar-refractivity contribution in [3.05, 3.63) is 23.8 Å². The lowest BCUT2D eigenvalue weighted by Crippen LogP contribution is -2.20. The molecular weight excluding hydrogens is 230 g/mol. The van der Waals surface area contributed by atoms with E-state index in [0.29, 0.717) is 5.75 Å². The minimum absolute atomic E-state index is 0.0740. The van der Waals surface area contributed by atoms with Gasteiger partial charge in [0.1, 0.15) is 11.5 Å². The molecule has 102 valence electrons. The number of benzene rings is 1. The van der Waals surface area contributed by atoms with Crippen LogP contribution in [0.4, 0.5) is 0 Å². The maximum atomic E-state index is 9.88. The van der Waals surface area contributed by atoms with Crippen molar-refractivity contribution in [3.8, 4) is 11.5 Å². The minimum Gasteiger partial charge on any atom is -0.507 e. The van der Waals surface area contributed by atoms with Gasteiger partial charge in [-0.25, -0.2) is 0 Å². The Bertz CT molecular complexity index is 366. The Hall–Kier alpha value is -1.26. The van der Waals surface area contributed by atoms with Crippen LogP contribution >= 0.6 is 0 Å². The van der Waals surface area contributed by atoms with Crippen LogP contribution in [0.25, 0.3) is 0 Å². The molecule has 0 saturated carbocycles. The third kappa shape index (κ3) is 4.55. The Morgan fingerprint density at radius 3 is 2.61 bits per heavy atom. The van der Waals surface area contributed by atoms with Crippen LogP contribution in [0.2, 0.25) is 0 Å². The van der Waals surface area contributed by atoms with E-state index in [-0.39, 0.29) is 17.9 Å². The number of hydrogen-bond acceptors (Lipinski definition) is 4. The zero-order valence-corrected chi connectivity index (χ0v) is 11.3. The van der Waals surface area contributed by atoms with Gasteiger partial charge in [0, 0.05) is 17.7 Å². The summed E-state index contributed by atoms with van der Waals surface area (Å²) in [6.07, 6.45) is 1.45. The van der Waals surface area contributed by atoms with Crippen molar-refractivity contribution in [2.45, 2.75) is 38.8 Å². The topological polar surface area (TPSA) is 61.7 Å². The van der Waals surface area contributed by atoms with Crippen molar-refractivity contribution in [1.82, 2.24) is 5.32 Å². The summed E-state index contributed by atoms with van der Waals surface area (Å²) < 4.78 is 5.05. The number of phenols is 1. The lowest BCUT2D eigenvalue weighted by molar-refractivity contribution is 0.181. The number of aliphatic hydroxyl groups is 1. The maximum absolute atomic E-state index is 9.88. The molecule has 0 aliphatic carbocycles. The van der Waals surface area contributed by atoms with Gasteiger partial charge in [0.25, 0.3) is 0 Å². The van der Waals surface area contributed by atoms with Crippen molar-refractivity contribution in [3.63, 3.8) is 0 Å². The molecule has 0 aromatic heterocycles. The molecule has 0 aliphatic heterocycles. The molecule has 0 bridgehead atoms. The predicted octanol–water partition coefficient (Wildman–Crippen LogP) is 2.21. The summed E-state index contributed by atoms with van der Waals surface area (Å²) in [6.45, 7) is 4.61. The summed E-state index contributed by atoms with van der Waals surface area (Å²) in [5, 5.41) is 22.4. The maximum Gasteiger partial charge on any atom is 0.124 e. The smallest absolute Gasteiger partial charge is 0.124 e. The molecule has 0 saturated heterocycles. The first-order chi connectivity index (χ1) is 8.54. The predicted molar refractivity (Wildman–Crippen MR) is 72.0 cm³/mol. The van der Waals surface area contributed by atoms with E-state index in [2.05, 4.69) is 5.32 Å². The summed E-state index contributed by atoms with van der Waals surface area (Å²) in [5.74, 6) is 0.891. The number of nitrogens with one attached hydrogen (secondary N) is 1. The molecule has 1 rings (SSSR count). The van der Waals surface area contributed by atoms with Crippen LogP contribution in [0.1, 0.15) is 38.3 Å². The molecular formula is C14H23NO3. The fraction of sp³-hybridized carbons (Fsp3) is 0.571. The second-order valence-corrected chi connectivity index (χ2v) is 4.59. The van der Waals surface area contributed by atoms with Gasteiger partial charge >= 0.3 is 0 Å². The van der Waals surface area contributed by atoms with Crippen LogP contribution in [0.15, 0.2) is 18.2 Å². The number of aromatic hydroxyl groups is 1.